The number of nitrogens with one attached hydrogen (secondary N) is 2. The minimum Gasteiger partial charge on any atom is -0.476 e. The molecule has 10 heteroatoms. The molecule has 1 fully saturated rings. The van der Waals surface area contributed by atoms with Crippen LogP contribution in [0, 0.1) is 0 Å². The number of nitrogens with zero attached hydrogens (tertiary/aromatic N) is 2. The summed E-state index contributed by atoms with van der Waals surface area (Å²) in [6.45, 7) is 1.28. The molecule has 1 amide bonds. The first-order valence-corrected chi connectivity index (χ1v) is 10.8. The highest BCUT2D eigenvalue weighted by Gasteiger charge is 2.53. The number of thiophene rings is 1. The first-order valence-electron chi connectivity index (χ1n) is 8.43. The van der Waals surface area contributed by atoms with E-state index in [1.54, 1.807) is 23.6 Å². The number of hydrogen-bond acceptors (Lipinski definition) is 7. The van der Waals surface area contributed by atoms with E-state index < -0.39 is 15.6 Å². The van der Waals surface area contributed by atoms with Gasteiger partial charge in [-0.25, -0.2) is 13.4 Å². The largest absolute Gasteiger partial charge is 0.476 e. The number of rotatable bonds is 9. The van der Waals surface area contributed by atoms with Crippen molar-refractivity contribution >= 4 is 33.0 Å². The molecule has 27 heavy (non-hydrogen) atoms. The van der Waals surface area contributed by atoms with E-state index in [4.69, 9.17) is 4.74 Å². The summed E-state index contributed by atoms with van der Waals surface area (Å²) in [7, 11) is 0.203. The van der Waals surface area contributed by atoms with E-state index in [2.05, 4.69) is 15.0 Å². The molecule has 0 aliphatic heterocycles. The fourth-order valence-corrected chi connectivity index (χ4v) is 4.76. The Bertz CT molecular complexity index is 876. The summed E-state index contributed by atoms with van der Waals surface area (Å²) in [6.07, 6.45) is 2.41. The monoisotopic (exact) mass is 410 g/mol. The van der Waals surface area contributed by atoms with Crippen LogP contribution >= 0.6 is 11.3 Å². The second-order valence-corrected chi connectivity index (χ2v) is 9.47. The van der Waals surface area contributed by atoms with Gasteiger partial charge in [-0.2, -0.15) is 4.72 Å². The van der Waals surface area contributed by atoms with Gasteiger partial charge >= 0.3 is 0 Å². The van der Waals surface area contributed by atoms with Crippen LogP contribution in [-0.2, 0) is 14.8 Å². The summed E-state index contributed by atoms with van der Waals surface area (Å²) in [4.78, 5) is 18.7. The van der Waals surface area contributed by atoms with E-state index in [0.29, 0.717) is 31.0 Å². The zero-order valence-corrected chi connectivity index (χ0v) is 16.8. The number of amides is 1. The van der Waals surface area contributed by atoms with Crippen LogP contribution in [-0.4, -0.2) is 57.0 Å². The third-order valence-electron chi connectivity index (χ3n) is 4.06. The van der Waals surface area contributed by atoms with Crippen LogP contribution in [0.15, 0.2) is 40.1 Å². The Morgan fingerprint density at radius 2 is 2.11 bits per heavy atom. The minimum absolute atomic E-state index is 0.197. The summed E-state index contributed by atoms with van der Waals surface area (Å²) in [6, 6.07) is 6.52. The molecule has 0 spiro atoms. The second-order valence-electron chi connectivity index (χ2n) is 6.61. The van der Waals surface area contributed by atoms with Crippen molar-refractivity contribution in [1.82, 2.24) is 14.6 Å². The third kappa shape index (κ3) is 5.04. The van der Waals surface area contributed by atoms with Crippen molar-refractivity contribution in [2.75, 3.05) is 32.6 Å². The highest BCUT2D eigenvalue weighted by atomic mass is 32.2. The lowest BCUT2D eigenvalue weighted by Crippen LogP contribution is -2.45. The van der Waals surface area contributed by atoms with Gasteiger partial charge in [0.15, 0.2) is 0 Å². The molecule has 146 valence electrons. The molecule has 2 aromatic heterocycles. The van der Waals surface area contributed by atoms with Gasteiger partial charge in [-0.1, -0.05) is 6.07 Å². The van der Waals surface area contributed by atoms with Crippen LogP contribution in [0.1, 0.15) is 12.8 Å². The molecule has 0 unspecified atom stereocenters. The van der Waals surface area contributed by atoms with Crippen LogP contribution in [0.2, 0.25) is 0 Å². The first kappa shape index (κ1) is 19.7. The fraction of sp³-hybridized carbons (Fsp3) is 0.412. The number of likely N-dealkylation sites (N-methyl/N-ethyl adjacent to an activating group) is 1. The van der Waals surface area contributed by atoms with Crippen LogP contribution in [0.3, 0.4) is 0 Å². The summed E-state index contributed by atoms with van der Waals surface area (Å²) in [5, 5.41) is 4.41. The molecule has 0 saturated heterocycles. The molecule has 2 N–H and O–H groups in total. The first-order chi connectivity index (χ1) is 12.8. The number of sulfonamides is 1. The van der Waals surface area contributed by atoms with Crippen molar-refractivity contribution in [3.63, 3.8) is 0 Å². The van der Waals surface area contributed by atoms with Crippen LogP contribution in [0.5, 0.6) is 5.88 Å². The van der Waals surface area contributed by atoms with Crippen LogP contribution < -0.4 is 14.8 Å². The third-order valence-corrected chi connectivity index (χ3v) is 6.99. The number of hydrogen-bond donors (Lipinski definition) is 2. The van der Waals surface area contributed by atoms with E-state index >= 15 is 0 Å². The predicted octanol–water partition coefficient (Wildman–Crippen LogP) is 1.53. The number of carbonyl (C=O) groups excluding carboxylic acids is 1. The maximum atomic E-state index is 12.6. The van der Waals surface area contributed by atoms with Gasteiger partial charge < -0.3 is 15.0 Å². The summed E-state index contributed by atoms with van der Waals surface area (Å²) in [5.41, 5.74) is -0.606. The van der Waals surface area contributed by atoms with Crippen LogP contribution in [0.25, 0.3) is 0 Å². The van der Waals surface area contributed by atoms with Gasteiger partial charge in [-0.3, -0.25) is 4.79 Å². The Hall–Kier alpha value is -2.01. The van der Waals surface area contributed by atoms with Crippen molar-refractivity contribution in [3.05, 3.63) is 35.8 Å². The van der Waals surface area contributed by atoms with Crippen molar-refractivity contribution in [3.8, 4) is 5.88 Å². The van der Waals surface area contributed by atoms with E-state index in [1.807, 2.05) is 19.0 Å². The molecule has 2 aromatic rings. The van der Waals surface area contributed by atoms with Gasteiger partial charge in [0.2, 0.25) is 11.8 Å². The molecule has 1 saturated carbocycles. The van der Waals surface area contributed by atoms with Gasteiger partial charge in [0.1, 0.15) is 16.4 Å². The summed E-state index contributed by atoms with van der Waals surface area (Å²) >= 11 is 1.11. The lowest BCUT2D eigenvalue weighted by molar-refractivity contribution is -0.118. The number of anilines is 1. The standard InChI is InChI=1S/C17H22N4O4S2/c1-21(2)9-10-25-14-6-5-13(12-18-14)19-16(22)17(7-8-17)20-27(23,24)15-4-3-11-26-15/h3-6,11-12,20H,7-10H2,1-2H3,(H,19,22). The van der Waals surface area contributed by atoms with Crippen molar-refractivity contribution in [2.24, 2.45) is 0 Å². The van der Waals surface area contributed by atoms with Crippen molar-refractivity contribution in [1.29, 1.82) is 0 Å². The molecular weight excluding hydrogens is 388 g/mol. The highest BCUT2D eigenvalue weighted by Crippen LogP contribution is 2.38. The molecule has 1 aliphatic carbocycles. The van der Waals surface area contributed by atoms with Crippen molar-refractivity contribution < 1.29 is 17.9 Å². The van der Waals surface area contributed by atoms with E-state index in [0.717, 1.165) is 17.9 Å². The highest BCUT2D eigenvalue weighted by molar-refractivity contribution is 7.91. The van der Waals surface area contributed by atoms with Crippen LogP contribution in [0.4, 0.5) is 5.69 Å². The van der Waals surface area contributed by atoms with Gasteiger partial charge in [0.05, 0.1) is 11.9 Å². The Morgan fingerprint density at radius 3 is 2.67 bits per heavy atom. The lowest BCUT2D eigenvalue weighted by Gasteiger charge is -2.17. The van der Waals surface area contributed by atoms with Gasteiger partial charge in [-0.05, 0) is 44.4 Å². The van der Waals surface area contributed by atoms with Gasteiger partial charge in [0.25, 0.3) is 10.0 Å². The van der Waals surface area contributed by atoms with E-state index in [1.165, 1.54) is 12.3 Å². The summed E-state index contributed by atoms with van der Waals surface area (Å²) in [5.74, 6) is 0.0834. The molecule has 8 nitrogen and oxygen atoms in total. The number of carbonyl (C=O) groups is 1. The second kappa shape index (κ2) is 7.93. The molecule has 0 bridgehead atoms. The average molecular weight is 411 g/mol. The Labute approximate surface area is 162 Å². The Morgan fingerprint density at radius 1 is 1.33 bits per heavy atom. The minimum atomic E-state index is -3.71. The molecule has 0 aromatic carbocycles. The topological polar surface area (TPSA) is 101 Å². The lowest BCUT2D eigenvalue weighted by atomic mass is 10.2. The number of pyridine rings is 1. The molecule has 2 heterocycles. The number of aromatic nitrogens is 1. The maximum absolute atomic E-state index is 12.6. The SMILES string of the molecule is CN(C)CCOc1ccc(NC(=O)C2(NS(=O)(=O)c3cccs3)CC2)cn1. The molecular formula is C17H22N4O4S2. The molecule has 3 rings (SSSR count). The quantitative estimate of drug-likeness (QED) is 0.650. The zero-order valence-electron chi connectivity index (χ0n) is 15.1. The fourth-order valence-electron chi connectivity index (χ4n) is 2.35. The normalized spacial score (nSPS) is 15.5. The van der Waals surface area contributed by atoms with E-state index in [-0.39, 0.29) is 10.1 Å². The zero-order chi connectivity index (χ0) is 19.5. The summed E-state index contributed by atoms with van der Waals surface area (Å²) < 4.78 is 33.0. The van der Waals surface area contributed by atoms with Crippen molar-refractivity contribution in [2.45, 2.75) is 22.6 Å². The predicted molar refractivity (Wildman–Crippen MR) is 104 cm³/mol. The number of ether oxygens (including phenoxy) is 1. The molecule has 1 aliphatic rings. The smallest absolute Gasteiger partial charge is 0.251 e. The average Bonchev–Trinajstić information content (AvgIpc) is 3.16. The van der Waals surface area contributed by atoms with Gasteiger partial charge in [0, 0.05) is 12.6 Å². The Balaban J connectivity index is 1.58. The van der Waals surface area contributed by atoms with Gasteiger partial charge in [-0.15, -0.1) is 11.3 Å². The Kier molecular flexibility index (Phi) is 5.80. The molecule has 0 radical (unpaired) electrons. The maximum Gasteiger partial charge on any atom is 0.251 e. The molecule has 0 atom stereocenters. The van der Waals surface area contributed by atoms with E-state index in [9.17, 15) is 13.2 Å².